The quantitative estimate of drug-likeness (QED) is 0.505. The largest absolute Gasteiger partial charge is 0.508 e. The van der Waals surface area contributed by atoms with E-state index in [9.17, 15) is 9.90 Å². The highest BCUT2D eigenvalue weighted by molar-refractivity contribution is 8.00. The number of carbonyl (C=O) groups excluding carboxylic acids is 1. The molecule has 0 fully saturated rings. The summed E-state index contributed by atoms with van der Waals surface area (Å²) in [7, 11) is 0. The van der Waals surface area contributed by atoms with E-state index >= 15 is 0 Å². The Labute approximate surface area is 165 Å². The molecule has 1 aromatic heterocycles. The molecule has 0 aliphatic carbocycles. The van der Waals surface area contributed by atoms with Gasteiger partial charge >= 0.3 is 0 Å². The second-order valence-electron chi connectivity index (χ2n) is 6.20. The molecular weight excluding hydrogens is 374 g/mol. The van der Waals surface area contributed by atoms with E-state index in [2.05, 4.69) is 20.8 Å². The first-order valence-corrected chi connectivity index (χ1v) is 9.52. The lowest BCUT2D eigenvalue weighted by Gasteiger charge is -2.12. The lowest BCUT2D eigenvalue weighted by molar-refractivity contribution is -0.115. The summed E-state index contributed by atoms with van der Waals surface area (Å²) in [6.45, 7) is 1.80. The lowest BCUT2D eigenvalue weighted by atomic mass is 10.1. The van der Waals surface area contributed by atoms with E-state index in [1.165, 1.54) is 16.4 Å². The van der Waals surface area contributed by atoms with Crippen molar-refractivity contribution in [1.29, 1.82) is 0 Å². The molecule has 1 heterocycles. The first kappa shape index (κ1) is 18.0. The molecule has 28 heavy (non-hydrogen) atoms. The number of tetrazole rings is 1. The summed E-state index contributed by atoms with van der Waals surface area (Å²) in [6.07, 6.45) is 0. The molecule has 0 saturated heterocycles. The third-order valence-corrected chi connectivity index (χ3v) is 5.24. The Morgan fingerprint density at radius 3 is 2.61 bits per heavy atom. The Morgan fingerprint density at radius 2 is 1.82 bits per heavy atom. The van der Waals surface area contributed by atoms with Crippen LogP contribution in [0.2, 0.25) is 0 Å². The average molecular weight is 391 g/mol. The predicted molar refractivity (Wildman–Crippen MR) is 109 cm³/mol. The average Bonchev–Trinajstić information content (AvgIpc) is 3.16. The number of aromatic hydroxyl groups is 1. The number of benzene rings is 3. The van der Waals surface area contributed by atoms with Crippen LogP contribution in [0.25, 0.3) is 16.5 Å². The molecule has 0 aliphatic rings. The van der Waals surface area contributed by atoms with Gasteiger partial charge in [-0.2, -0.15) is 4.68 Å². The zero-order valence-electron chi connectivity index (χ0n) is 15.0. The van der Waals surface area contributed by atoms with Crippen LogP contribution >= 0.6 is 11.8 Å². The van der Waals surface area contributed by atoms with Gasteiger partial charge in [-0.25, -0.2) is 0 Å². The van der Waals surface area contributed by atoms with Crippen LogP contribution in [0.3, 0.4) is 0 Å². The number of phenols is 1. The van der Waals surface area contributed by atoms with E-state index in [1.807, 2.05) is 42.5 Å². The Hall–Kier alpha value is -3.39. The van der Waals surface area contributed by atoms with E-state index in [-0.39, 0.29) is 11.7 Å². The van der Waals surface area contributed by atoms with Crippen molar-refractivity contribution in [1.82, 2.24) is 20.2 Å². The summed E-state index contributed by atoms with van der Waals surface area (Å²) < 4.78 is 1.53. The van der Waals surface area contributed by atoms with Gasteiger partial charge in [0.05, 0.1) is 10.9 Å². The molecule has 0 saturated carbocycles. The van der Waals surface area contributed by atoms with Crippen LogP contribution in [-0.4, -0.2) is 36.5 Å². The van der Waals surface area contributed by atoms with Crippen molar-refractivity contribution < 1.29 is 9.90 Å². The number of hydrogen-bond donors (Lipinski definition) is 2. The SMILES string of the molecule is CC(Sc1nnnn1-c1ccc(O)cc1)C(=O)Nc1ccc2ccccc2c1. The van der Waals surface area contributed by atoms with Gasteiger partial charge in [0.25, 0.3) is 0 Å². The number of anilines is 1. The maximum absolute atomic E-state index is 12.6. The zero-order valence-corrected chi connectivity index (χ0v) is 15.8. The number of rotatable bonds is 5. The second-order valence-corrected chi connectivity index (χ2v) is 7.51. The summed E-state index contributed by atoms with van der Waals surface area (Å²) in [6, 6.07) is 20.3. The predicted octanol–water partition coefficient (Wildman–Crippen LogP) is 3.64. The maximum Gasteiger partial charge on any atom is 0.237 e. The van der Waals surface area contributed by atoms with Crippen molar-refractivity contribution >= 4 is 34.1 Å². The number of carbonyl (C=O) groups is 1. The van der Waals surface area contributed by atoms with Crippen molar-refractivity contribution in [3.8, 4) is 11.4 Å². The first-order chi connectivity index (χ1) is 13.6. The van der Waals surface area contributed by atoms with Crippen LogP contribution in [-0.2, 0) is 4.79 Å². The van der Waals surface area contributed by atoms with Crippen molar-refractivity contribution in [2.45, 2.75) is 17.3 Å². The number of nitrogens with one attached hydrogen (secondary N) is 1. The monoisotopic (exact) mass is 391 g/mol. The van der Waals surface area contributed by atoms with Gasteiger partial charge in [0.1, 0.15) is 5.75 Å². The molecule has 0 spiro atoms. The molecule has 1 unspecified atom stereocenters. The fraction of sp³-hybridized carbons (Fsp3) is 0.100. The fourth-order valence-electron chi connectivity index (χ4n) is 2.73. The summed E-state index contributed by atoms with van der Waals surface area (Å²) in [4.78, 5) is 12.6. The molecule has 1 amide bonds. The Bertz CT molecular complexity index is 1130. The fourth-order valence-corrected chi connectivity index (χ4v) is 3.54. The van der Waals surface area contributed by atoms with Crippen LogP contribution in [0.1, 0.15) is 6.92 Å². The topological polar surface area (TPSA) is 92.9 Å². The number of hydrogen-bond acceptors (Lipinski definition) is 6. The molecule has 7 nitrogen and oxygen atoms in total. The molecular formula is C20H17N5O2S. The highest BCUT2D eigenvalue weighted by Crippen LogP contribution is 2.25. The lowest BCUT2D eigenvalue weighted by Crippen LogP contribution is -2.22. The molecule has 0 bridgehead atoms. The molecule has 4 rings (SSSR count). The number of thioether (sulfide) groups is 1. The van der Waals surface area contributed by atoms with Crippen molar-refractivity contribution in [2.24, 2.45) is 0 Å². The highest BCUT2D eigenvalue weighted by atomic mass is 32.2. The van der Waals surface area contributed by atoms with Gasteiger partial charge in [-0.1, -0.05) is 42.1 Å². The van der Waals surface area contributed by atoms with Crippen LogP contribution < -0.4 is 5.32 Å². The van der Waals surface area contributed by atoms with Crippen LogP contribution in [0.5, 0.6) is 5.75 Å². The standard InChI is InChI=1S/C20H17N5O2S/c1-13(19(27)21-16-7-6-14-4-2-3-5-15(14)12-16)28-20-22-23-24-25(20)17-8-10-18(26)11-9-17/h2-13,26H,1H3,(H,21,27). The third kappa shape index (κ3) is 3.81. The zero-order chi connectivity index (χ0) is 19.5. The highest BCUT2D eigenvalue weighted by Gasteiger charge is 2.19. The van der Waals surface area contributed by atoms with Gasteiger partial charge in [-0.15, -0.1) is 5.10 Å². The molecule has 1 atom stereocenters. The summed E-state index contributed by atoms with van der Waals surface area (Å²) in [5, 5.41) is 26.3. The Morgan fingerprint density at radius 1 is 1.07 bits per heavy atom. The second kappa shape index (κ2) is 7.69. The number of nitrogens with zero attached hydrogens (tertiary/aromatic N) is 4. The first-order valence-electron chi connectivity index (χ1n) is 8.64. The smallest absolute Gasteiger partial charge is 0.237 e. The van der Waals surface area contributed by atoms with Crippen LogP contribution in [0.4, 0.5) is 5.69 Å². The minimum Gasteiger partial charge on any atom is -0.508 e. The molecule has 8 heteroatoms. The minimum atomic E-state index is -0.409. The summed E-state index contributed by atoms with van der Waals surface area (Å²) >= 11 is 1.26. The summed E-state index contributed by atoms with van der Waals surface area (Å²) in [5.41, 5.74) is 1.45. The molecule has 3 aromatic carbocycles. The van der Waals surface area contributed by atoms with Crippen molar-refractivity contribution in [2.75, 3.05) is 5.32 Å². The van der Waals surface area contributed by atoms with Crippen molar-refractivity contribution in [3.05, 3.63) is 66.7 Å². The van der Waals surface area contributed by atoms with Gasteiger partial charge < -0.3 is 10.4 Å². The third-order valence-electron chi connectivity index (χ3n) is 4.20. The van der Waals surface area contributed by atoms with Crippen molar-refractivity contribution in [3.63, 3.8) is 0 Å². The van der Waals surface area contributed by atoms with Gasteiger partial charge in [-0.3, -0.25) is 4.79 Å². The maximum atomic E-state index is 12.6. The van der Waals surface area contributed by atoms with E-state index in [0.29, 0.717) is 10.8 Å². The molecule has 0 aliphatic heterocycles. The Balaban J connectivity index is 1.47. The van der Waals surface area contributed by atoms with E-state index in [0.717, 1.165) is 16.5 Å². The van der Waals surface area contributed by atoms with E-state index in [4.69, 9.17) is 0 Å². The van der Waals surface area contributed by atoms with E-state index in [1.54, 1.807) is 31.2 Å². The van der Waals surface area contributed by atoms with Crippen LogP contribution in [0.15, 0.2) is 71.9 Å². The molecule has 4 aromatic rings. The van der Waals surface area contributed by atoms with Gasteiger partial charge in [-0.05, 0) is 64.5 Å². The van der Waals surface area contributed by atoms with E-state index < -0.39 is 5.25 Å². The molecule has 0 radical (unpaired) electrons. The van der Waals surface area contributed by atoms with Gasteiger partial charge in [0, 0.05) is 5.69 Å². The van der Waals surface area contributed by atoms with Gasteiger partial charge in [0.15, 0.2) is 0 Å². The number of aromatic nitrogens is 4. The molecule has 2 N–H and O–H groups in total. The number of amides is 1. The number of fused-ring (bicyclic) bond motifs is 1. The number of phenolic OH excluding ortho intramolecular Hbond substituents is 1. The van der Waals surface area contributed by atoms with Gasteiger partial charge in [0.2, 0.25) is 11.1 Å². The normalized spacial score (nSPS) is 12.0. The summed E-state index contributed by atoms with van der Waals surface area (Å²) in [5.74, 6) is 0.0229. The molecule has 140 valence electrons. The Kier molecular flexibility index (Phi) is 4.94. The van der Waals surface area contributed by atoms with Crippen LogP contribution in [0, 0.1) is 0 Å². The minimum absolute atomic E-state index is 0.138.